The average Bonchev–Trinajstić information content (AvgIpc) is 3.72. The van der Waals surface area contributed by atoms with Crippen LogP contribution in [0.3, 0.4) is 0 Å². The number of hydrogen-bond acceptors (Lipinski definition) is 3. The molecule has 2 atom stereocenters. The highest BCUT2D eigenvalue weighted by atomic mass is 15.3. The zero-order valence-corrected chi connectivity index (χ0v) is 46.3. The molecule has 8 aromatic carbocycles. The van der Waals surface area contributed by atoms with Gasteiger partial charge in [-0.2, -0.15) is 0 Å². The van der Waals surface area contributed by atoms with Crippen LogP contribution in [0.2, 0.25) is 0 Å². The number of nitrogens with zero attached hydrogens (tertiary/aromatic N) is 3. The molecule has 0 bridgehead atoms. The van der Waals surface area contributed by atoms with Crippen molar-refractivity contribution in [3.05, 3.63) is 197 Å². The van der Waals surface area contributed by atoms with Gasteiger partial charge in [0.25, 0.3) is 6.71 Å². The minimum atomic E-state index is -0.151. The molecule has 0 amide bonds. The van der Waals surface area contributed by atoms with Gasteiger partial charge in [-0.25, -0.2) is 0 Å². The maximum atomic E-state index is 2.81. The predicted octanol–water partition coefficient (Wildman–Crippen LogP) is 17.4. The summed E-state index contributed by atoms with van der Waals surface area (Å²) in [5.41, 5.74) is 26.9. The number of aryl methyl sites for hydroxylation is 2. The zero-order valence-electron chi connectivity index (χ0n) is 46.3. The van der Waals surface area contributed by atoms with Gasteiger partial charge in [0, 0.05) is 50.8 Å². The molecule has 4 aliphatic rings. The predicted molar refractivity (Wildman–Crippen MR) is 320 cm³/mol. The SMILES string of the molecule is Cc1cc(C)c2c(c1)C1(C)CCCCC1(C)N2c1ccc2c(c1)N(c1ccc(C(C)(C)C)cc1)c1cc(C(C)(C)C)cc3c1B2c1cc(-c2ccccc2)ccc1N3c1ccc(C(C)(C)C)cc1-c1ccccc1. The molecular weight excluding hydrogens is 894 g/mol. The summed E-state index contributed by atoms with van der Waals surface area (Å²) < 4.78 is 0. The van der Waals surface area contributed by atoms with Crippen LogP contribution in [0.25, 0.3) is 22.3 Å². The topological polar surface area (TPSA) is 9.72 Å². The van der Waals surface area contributed by atoms with Crippen LogP contribution in [0.5, 0.6) is 0 Å². The van der Waals surface area contributed by atoms with Crippen LogP contribution >= 0.6 is 0 Å². The highest BCUT2D eigenvalue weighted by molar-refractivity contribution is 7.00. The molecule has 2 unspecified atom stereocenters. The molecule has 12 rings (SSSR count). The summed E-state index contributed by atoms with van der Waals surface area (Å²) in [5.74, 6) is 0. The summed E-state index contributed by atoms with van der Waals surface area (Å²) >= 11 is 0. The van der Waals surface area contributed by atoms with Crippen LogP contribution in [0, 0.1) is 13.8 Å². The minimum Gasteiger partial charge on any atom is -0.334 e. The molecule has 3 heterocycles. The van der Waals surface area contributed by atoms with E-state index in [4.69, 9.17) is 0 Å². The summed E-state index contributed by atoms with van der Waals surface area (Å²) in [6.45, 7) is 30.9. The first kappa shape index (κ1) is 48.2. The fraction of sp³-hybridized carbons (Fsp3) is 0.314. The fourth-order valence-corrected chi connectivity index (χ4v) is 13.7. The van der Waals surface area contributed by atoms with E-state index in [1.54, 1.807) is 0 Å². The third kappa shape index (κ3) is 7.44. The monoisotopic (exact) mass is 968 g/mol. The van der Waals surface area contributed by atoms with Crippen LogP contribution in [0.4, 0.5) is 45.5 Å². The van der Waals surface area contributed by atoms with E-state index in [2.05, 4.69) is 269 Å². The Morgan fingerprint density at radius 1 is 0.446 bits per heavy atom. The first-order chi connectivity index (χ1) is 35.2. The Bertz CT molecular complexity index is 3520. The Morgan fingerprint density at radius 2 is 1.04 bits per heavy atom. The van der Waals surface area contributed by atoms with Crippen molar-refractivity contribution in [2.24, 2.45) is 0 Å². The number of hydrogen-bond donors (Lipinski definition) is 0. The van der Waals surface area contributed by atoms with Gasteiger partial charge in [-0.3, -0.25) is 0 Å². The molecule has 1 aliphatic carbocycles. The summed E-state index contributed by atoms with van der Waals surface area (Å²) in [6, 6.07) is 63.8. The van der Waals surface area contributed by atoms with Crippen molar-refractivity contribution in [1.82, 2.24) is 0 Å². The molecule has 372 valence electrons. The lowest BCUT2D eigenvalue weighted by molar-refractivity contribution is 0.195. The molecule has 0 radical (unpaired) electrons. The van der Waals surface area contributed by atoms with Gasteiger partial charge in [0.05, 0.1) is 11.2 Å². The molecule has 1 fully saturated rings. The van der Waals surface area contributed by atoms with Crippen LogP contribution in [0.15, 0.2) is 164 Å². The standard InChI is InChI=1S/C70H74BN3/c1-45-38-46(2)65-56(39-45)69(12)36-20-21-37-70(69,13)74(65)54-32-33-57-61(44-54)72(53-30-27-50(28-31-53)66(3,4)5)62-42-52(68(9,10)11)43-63-64(62)71(57)58-40-49(47-22-16-14-17-23-47)26-34-60(58)73(63)59-35-29-51(67(6,7)8)41-55(59)48-24-18-15-19-25-48/h14-19,22-35,38-44H,20-21,36-37H2,1-13H3. The normalized spacial score (nSPS) is 18.9. The molecule has 0 aromatic heterocycles. The lowest BCUT2D eigenvalue weighted by Crippen LogP contribution is -2.61. The van der Waals surface area contributed by atoms with Crippen molar-refractivity contribution in [1.29, 1.82) is 0 Å². The maximum Gasteiger partial charge on any atom is 0.252 e. The van der Waals surface area contributed by atoms with Crippen molar-refractivity contribution < 1.29 is 0 Å². The zero-order chi connectivity index (χ0) is 51.9. The Hall–Kier alpha value is -6.78. The van der Waals surface area contributed by atoms with Gasteiger partial charge in [-0.05, 0) is 165 Å². The molecule has 74 heavy (non-hydrogen) atoms. The number of anilines is 8. The summed E-state index contributed by atoms with van der Waals surface area (Å²) in [6.07, 6.45) is 4.85. The second-order valence-electron chi connectivity index (χ2n) is 25.9. The second kappa shape index (κ2) is 16.9. The van der Waals surface area contributed by atoms with Crippen LogP contribution in [-0.4, -0.2) is 12.3 Å². The van der Waals surface area contributed by atoms with E-state index < -0.39 is 0 Å². The van der Waals surface area contributed by atoms with E-state index in [0.717, 1.165) is 6.42 Å². The summed E-state index contributed by atoms with van der Waals surface area (Å²) in [4.78, 5) is 8.10. The molecule has 8 aromatic rings. The van der Waals surface area contributed by atoms with Crippen molar-refractivity contribution in [2.45, 2.75) is 143 Å². The Morgan fingerprint density at radius 3 is 1.70 bits per heavy atom. The molecule has 0 saturated heterocycles. The summed E-state index contributed by atoms with van der Waals surface area (Å²) in [5, 5.41) is 0. The number of benzene rings is 8. The highest BCUT2D eigenvalue weighted by Crippen LogP contribution is 2.62. The molecule has 4 heteroatoms. The van der Waals surface area contributed by atoms with E-state index >= 15 is 0 Å². The minimum absolute atomic E-state index is 0.0169. The fourth-order valence-electron chi connectivity index (χ4n) is 13.7. The van der Waals surface area contributed by atoms with Gasteiger partial charge >= 0.3 is 0 Å². The van der Waals surface area contributed by atoms with Gasteiger partial charge in [-0.15, -0.1) is 0 Å². The first-order valence-corrected chi connectivity index (χ1v) is 27.5. The van der Waals surface area contributed by atoms with E-state index in [1.807, 2.05) is 0 Å². The van der Waals surface area contributed by atoms with Gasteiger partial charge < -0.3 is 14.7 Å². The Kier molecular flexibility index (Phi) is 11.0. The number of rotatable bonds is 5. The smallest absolute Gasteiger partial charge is 0.252 e. The van der Waals surface area contributed by atoms with Crippen LogP contribution in [-0.2, 0) is 21.7 Å². The van der Waals surface area contributed by atoms with Crippen molar-refractivity contribution in [3.63, 3.8) is 0 Å². The second-order valence-corrected chi connectivity index (χ2v) is 25.9. The third-order valence-electron chi connectivity index (χ3n) is 18.0. The highest BCUT2D eigenvalue weighted by Gasteiger charge is 2.58. The van der Waals surface area contributed by atoms with E-state index in [9.17, 15) is 0 Å². The van der Waals surface area contributed by atoms with Crippen molar-refractivity contribution in [2.75, 3.05) is 14.7 Å². The van der Waals surface area contributed by atoms with Crippen molar-refractivity contribution in [3.8, 4) is 22.3 Å². The number of fused-ring (bicyclic) bond motifs is 7. The van der Waals surface area contributed by atoms with E-state index in [1.165, 1.54) is 137 Å². The van der Waals surface area contributed by atoms with Gasteiger partial charge in [-0.1, -0.05) is 197 Å². The third-order valence-corrected chi connectivity index (χ3v) is 18.0. The van der Waals surface area contributed by atoms with Crippen LogP contribution in [0.1, 0.15) is 135 Å². The van der Waals surface area contributed by atoms with Gasteiger partial charge in [0.2, 0.25) is 0 Å². The van der Waals surface area contributed by atoms with Gasteiger partial charge in [0.15, 0.2) is 0 Å². The first-order valence-electron chi connectivity index (χ1n) is 27.5. The van der Waals surface area contributed by atoms with E-state index in [-0.39, 0.29) is 33.9 Å². The molecular formula is C70H74BN3. The van der Waals surface area contributed by atoms with E-state index in [0.29, 0.717) is 0 Å². The lowest BCUT2D eigenvalue weighted by atomic mass is 9.33. The maximum absolute atomic E-state index is 2.81. The van der Waals surface area contributed by atoms with Gasteiger partial charge in [0.1, 0.15) is 0 Å². The average molecular weight is 968 g/mol. The summed E-state index contributed by atoms with van der Waals surface area (Å²) in [7, 11) is 0. The van der Waals surface area contributed by atoms with Crippen molar-refractivity contribution >= 4 is 68.6 Å². The largest absolute Gasteiger partial charge is 0.334 e. The molecule has 3 aliphatic heterocycles. The quantitative estimate of drug-likeness (QED) is 0.159. The molecule has 0 N–H and O–H groups in total. The Balaban J connectivity index is 1.19. The molecule has 1 saturated carbocycles. The molecule has 0 spiro atoms. The Labute approximate surface area is 443 Å². The lowest BCUT2D eigenvalue weighted by Gasteiger charge is -2.51. The molecule has 3 nitrogen and oxygen atoms in total. The van der Waals surface area contributed by atoms with Crippen LogP contribution < -0.4 is 31.1 Å².